The maximum absolute atomic E-state index is 14.8. The van der Waals surface area contributed by atoms with Crippen LogP contribution in [-0.4, -0.2) is 49.5 Å². The molecule has 1 aromatic carbocycles. The van der Waals surface area contributed by atoms with E-state index in [0.29, 0.717) is 17.2 Å². The van der Waals surface area contributed by atoms with Crippen LogP contribution in [0.3, 0.4) is 0 Å². The quantitative estimate of drug-likeness (QED) is 0.401. The van der Waals surface area contributed by atoms with Gasteiger partial charge in [0.2, 0.25) is 0 Å². The van der Waals surface area contributed by atoms with Gasteiger partial charge in [-0.2, -0.15) is 11.8 Å². The van der Waals surface area contributed by atoms with Crippen LogP contribution in [0, 0.1) is 12.7 Å². The Balaban J connectivity index is 1.24. The summed E-state index contributed by atoms with van der Waals surface area (Å²) in [5.74, 6) is 0.889. The summed E-state index contributed by atoms with van der Waals surface area (Å²) in [6, 6.07) is 9.93. The average Bonchev–Trinajstić information content (AvgIpc) is 3.56. The molecule has 4 aromatic rings. The third-order valence-electron chi connectivity index (χ3n) is 6.54. The molecule has 2 saturated heterocycles. The van der Waals surface area contributed by atoms with Crippen molar-refractivity contribution in [2.75, 3.05) is 11.5 Å². The lowest BCUT2D eigenvalue weighted by molar-refractivity contribution is -0.193. The van der Waals surface area contributed by atoms with Gasteiger partial charge in [-0.05, 0) is 20.8 Å². The molecule has 3 aromatic heterocycles. The molecular formula is C25H26FN5O4S. The zero-order valence-corrected chi connectivity index (χ0v) is 20.9. The Morgan fingerprint density at radius 2 is 1.92 bits per heavy atom. The number of anilines is 1. The van der Waals surface area contributed by atoms with E-state index in [4.69, 9.17) is 24.5 Å². The van der Waals surface area contributed by atoms with Crippen molar-refractivity contribution in [3.63, 3.8) is 0 Å². The van der Waals surface area contributed by atoms with E-state index in [1.54, 1.807) is 16.3 Å². The van der Waals surface area contributed by atoms with E-state index in [1.165, 1.54) is 12.5 Å². The number of aryl methyl sites for hydroxylation is 1. The van der Waals surface area contributed by atoms with Gasteiger partial charge < -0.3 is 29.0 Å². The third-order valence-corrected chi connectivity index (χ3v) is 7.60. The van der Waals surface area contributed by atoms with Crippen LogP contribution >= 0.6 is 11.8 Å². The zero-order chi connectivity index (χ0) is 25.0. The van der Waals surface area contributed by atoms with Crippen LogP contribution in [0.25, 0.3) is 22.4 Å². The SMILES string of the molecule is Cc1noc(-c2ccccc2)c1CSC[C@H]1O[C@@H](n2cc(F)c3c(N)ncnc32)[C@@H]2OC(C)(C)O[C@@H]21. The second kappa shape index (κ2) is 8.84. The monoisotopic (exact) mass is 511 g/mol. The Hall–Kier alpha value is -2.99. The van der Waals surface area contributed by atoms with Crippen LogP contribution in [0.1, 0.15) is 31.3 Å². The first kappa shape index (κ1) is 23.4. The van der Waals surface area contributed by atoms with Crippen LogP contribution in [0.4, 0.5) is 10.2 Å². The van der Waals surface area contributed by atoms with Gasteiger partial charge in [-0.15, -0.1) is 0 Å². The molecule has 0 bridgehead atoms. The van der Waals surface area contributed by atoms with E-state index in [1.807, 2.05) is 51.1 Å². The van der Waals surface area contributed by atoms with Crippen molar-refractivity contribution in [1.82, 2.24) is 19.7 Å². The first-order valence-corrected chi connectivity index (χ1v) is 12.8. The van der Waals surface area contributed by atoms with Crippen molar-refractivity contribution >= 4 is 28.6 Å². The van der Waals surface area contributed by atoms with Gasteiger partial charge in [0, 0.05) is 28.8 Å². The minimum absolute atomic E-state index is 0.0835. The summed E-state index contributed by atoms with van der Waals surface area (Å²) < 4.78 is 40.9. The molecule has 36 heavy (non-hydrogen) atoms. The van der Waals surface area contributed by atoms with Gasteiger partial charge in [0.05, 0.1) is 17.2 Å². The van der Waals surface area contributed by atoms with E-state index in [2.05, 4.69) is 15.1 Å². The highest BCUT2D eigenvalue weighted by atomic mass is 32.2. The molecule has 0 amide bonds. The molecule has 9 nitrogen and oxygen atoms in total. The molecular weight excluding hydrogens is 485 g/mol. The number of fused-ring (bicyclic) bond motifs is 2. The molecule has 2 aliphatic heterocycles. The van der Waals surface area contributed by atoms with Gasteiger partial charge in [-0.3, -0.25) is 0 Å². The molecule has 4 atom stereocenters. The lowest BCUT2D eigenvalue weighted by Gasteiger charge is -2.25. The second-order valence-corrected chi connectivity index (χ2v) is 10.5. The highest BCUT2D eigenvalue weighted by molar-refractivity contribution is 7.98. The molecule has 2 fully saturated rings. The summed E-state index contributed by atoms with van der Waals surface area (Å²) in [5, 5.41) is 4.35. The summed E-state index contributed by atoms with van der Waals surface area (Å²) in [7, 11) is 0. The summed E-state index contributed by atoms with van der Waals surface area (Å²) in [6.45, 7) is 5.68. The molecule has 0 saturated carbocycles. The number of nitrogen functional groups attached to an aromatic ring is 1. The predicted octanol–water partition coefficient (Wildman–Crippen LogP) is 4.47. The smallest absolute Gasteiger partial charge is 0.171 e. The van der Waals surface area contributed by atoms with Crippen molar-refractivity contribution in [2.45, 2.75) is 56.9 Å². The number of thioether (sulfide) groups is 1. The molecule has 0 unspecified atom stereocenters. The molecule has 6 rings (SSSR count). The maximum atomic E-state index is 14.8. The van der Waals surface area contributed by atoms with Crippen LogP contribution in [0.5, 0.6) is 0 Å². The molecule has 2 aliphatic rings. The Kier molecular flexibility index (Phi) is 5.75. The number of aromatic nitrogens is 4. The summed E-state index contributed by atoms with van der Waals surface area (Å²) in [6.07, 6.45) is 0.986. The van der Waals surface area contributed by atoms with Crippen molar-refractivity contribution in [3.8, 4) is 11.3 Å². The number of halogens is 1. The van der Waals surface area contributed by atoms with E-state index in [0.717, 1.165) is 22.6 Å². The van der Waals surface area contributed by atoms with Crippen LogP contribution in [-0.2, 0) is 20.0 Å². The number of hydrogen-bond donors (Lipinski definition) is 1. The fourth-order valence-electron chi connectivity index (χ4n) is 4.93. The van der Waals surface area contributed by atoms with E-state index < -0.39 is 23.9 Å². The fraction of sp³-hybridized carbons (Fsp3) is 0.400. The summed E-state index contributed by atoms with van der Waals surface area (Å²) in [4.78, 5) is 8.17. The first-order chi connectivity index (χ1) is 17.3. The third kappa shape index (κ3) is 3.96. The Morgan fingerprint density at radius 3 is 2.72 bits per heavy atom. The summed E-state index contributed by atoms with van der Waals surface area (Å²) in [5.41, 5.74) is 9.16. The first-order valence-electron chi connectivity index (χ1n) is 11.7. The number of nitrogens with two attached hydrogens (primary N) is 1. The number of rotatable bonds is 6. The average molecular weight is 512 g/mol. The minimum Gasteiger partial charge on any atom is -0.383 e. The van der Waals surface area contributed by atoms with E-state index >= 15 is 0 Å². The highest BCUT2D eigenvalue weighted by Crippen LogP contribution is 2.45. The fourth-order valence-corrected chi connectivity index (χ4v) is 6.09. The van der Waals surface area contributed by atoms with Crippen molar-refractivity contribution in [1.29, 1.82) is 0 Å². The van der Waals surface area contributed by atoms with Crippen molar-refractivity contribution < 1.29 is 23.1 Å². The van der Waals surface area contributed by atoms with Gasteiger partial charge in [0.25, 0.3) is 0 Å². The lowest BCUT2D eigenvalue weighted by Crippen LogP contribution is -2.31. The van der Waals surface area contributed by atoms with Crippen LogP contribution < -0.4 is 5.73 Å². The second-order valence-electron chi connectivity index (χ2n) is 9.43. The Bertz CT molecular complexity index is 1410. The van der Waals surface area contributed by atoms with Gasteiger partial charge >= 0.3 is 0 Å². The number of ether oxygens (including phenoxy) is 3. The largest absolute Gasteiger partial charge is 0.383 e. The topological polar surface area (TPSA) is 110 Å². The standard InChI is InChI=1S/C25H26FN5O4S/c1-13-15(19(35-30-13)14-7-5-4-6-8-14)10-36-11-17-20-21(34-25(2,3)33-20)24(32-17)31-9-16(26)18-22(27)28-12-29-23(18)31/h4-9,12,17,20-21,24H,10-11H2,1-3H3,(H2,27,28,29)/t17-,20-,21-,24-/m1/s1. The Morgan fingerprint density at radius 1 is 1.14 bits per heavy atom. The number of hydrogen-bond acceptors (Lipinski definition) is 9. The zero-order valence-electron chi connectivity index (χ0n) is 20.1. The molecule has 0 spiro atoms. The molecule has 2 N–H and O–H groups in total. The van der Waals surface area contributed by atoms with Crippen LogP contribution in [0.15, 0.2) is 47.4 Å². The van der Waals surface area contributed by atoms with Gasteiger partial charge in [0.1, 0.15) is 24.4 Å². The van der Waals surface area contributed by atoms with Gasteiger partial charge in [-0.25, -0.2) is 14.4 Å². The Labute approximate surface area is 211 Å². The van der Waals surface area contributed by atoms with Gasteiger partial charge in [0.15, 0.2) is 29.2 Å². The predicted molar refractivity (Wildman–Crippen MR) is 132 cm³/mol. The maximum Gasteiger partial charge on any atom is 0.171 e. The van der Waals surface area contributed by atoms with Gasteiger partial charge in [-0.1, -0.05) is 35.5 Å². The highest BCUT2D eigenvalue weighted by Gasteiger charge is 2.56. The molecule has 0 radical (unpaired) electrons. The molecule has 11 heteroatoms. The van der Waals surface area contributed by atoms with Crippen molar-refractivity contribution in [2.24, 2.45) is 0 Å². The number of benzene rings is 1. The molecule has 188 valence electrons. The minimum atomic E-state index is -0.790. The summed E-state index contributed by atoms with van der Waals surface area (Å²) >= 11 is 1.70. The van der Waals surface area contributed by atoms with E-state index in [9.17, 15) is 4.39 Å². The lowest BCUT2D eigenvalue weighted by atomic mass is 10.1. The molecule has 5 heterocycles. The normalized spacial score (nSPS) is 25.0. The van der Waals surface area contributed by atoms with Crippen molar-refractivity contribution in [3.05, 3.63) is 59.9 Å². The number of nitrogens with zero attached hydrogens (tertiary/aromatic N) is 4. The van der Waals surface area contributed by atoms with E-state index in [-0.39, 0.29) is 23.4 Å². The molecule has 0 aliphatic carbocycles. The van der Waals surface area contributed by atoms with Crippen LogP contribution in [0.2, 0.25) is 0 Å².